The van der Waals surface area contributed by atoms with Crippen molar-refractivity contribution >= 4 is 21.9 Å². The van der Waals surface area contributed by atoms with Crippen LogP contribution in [0.5, 0.6) is 11.5 Å². The number of pyridine rings is 3. The molecule has 30 heavy (non-hydrogen) atoms. The third-order valence-electron chi connectivity index (χ3n) is 5.67. The number of rotatable bonds is 4. The van der Waals surface area contributed by atoms with Gasteiger partial charge in [-0.15, -0.1) is 0 Å². The van der Waals surface area contributed by atoms with Crippen LogP contribution in [0.2, 0.25) is 0 Å². The van der Waals surface area contributed by atoms with Gasteiger partial charge >= 0.3 is 0 Å². The predicted octanol–water partition coefficient (Wildman–Crippen LogP) is 4.76. The summed E-state index contributed by atoms with van der Waals surface area (Å²) in [5.74, 6) is 1.24. The Morgan fingerprint density at radius 2 is 1.87 bits per heavy atom. The summed E-state index contributed by atoms with van der Waals surface area (Å²) in [6.07, 6.45) is 12.6. The van der Waals surface area contributed by atoms with E-state index in [1.54, 1.807) is 31.9 Å². The molecule has 1 aliphatic carbocycles. The summed E-state index contributed by atoms with van der Waals surface area (Å²) in [5.41, 5.74) is 3.66. The Morgan fingerprint density at radius 1 is 1.03 bits per heavy atom. The summed E-state index contributed by atoms with van der Waals surface area (Å²) < 4.78 is 11.7. The van der Waals surface area contributed by atoms with Crippen LogP contribution >= 0.6 is 0 Å². The highest BCUT2D eigenvalue weighted by Crippen LogP contribution is 2.37. The second-order valence-corrected chi connectivity index (χ2v) is 7.57. The lowest BCUT2D eigenvalue weighted by Crippen LogP contribution is -2.20. The molecule has 0 radical (unpaired) electrons. The lowest BCUT2D eigenvalue weighted by atomic mass is 9.97. The molecule has 0 amide bonds. The van der Waals surface area contributed by atoms with E-state index < -0.39 is 0 Å². The number of aromatic amines is 1. The van der Waals surface area contributed by atoms with Crippen molar-refractivity contribution in [3.05, 3.63) is 42.6 Å². The molecule has 0 atom stereocenters. The average Bonchev–Trinajstić information content (AvgIpc) is 3.18. The summed E-state index contributed by atoms with van der Waals surface area (Å²) in [6, 6.07) is 6.17. The van der Waals surface area contributed by atoms with E-state index in [1.807, 2.05) is 12.1 Å². The van der Waals surface area contributed by atoms with Gasteiger partial charge in [-0.3, -0.25) is 4.98 Å². The van der Waals surface area contributed by atoms with E-state index in [0.717, 1.165) is 58.7 Å². The van der Waals surface area contributed by atoms with Crippen molar-refractivity contribution in [1.29, 1.82) is 5.26 Å². The van der Waals surface area contributed by atoms with Crippen molar-refractivity contribution < 1.29 is 9.47 Å². The standard InChI is InChI=1S/C23H21N5O2/c1-29-17-7-14(10-25-12-17)15-8-18-21-20(28-23(18)27-11-15)13-26-19(9-24)22(21)30-16-5-3-2-4-6-16/h7-8,10-13,16H,2-6H2,1H3,(H,27,28). The molecule has 0 saturated heterocycles. The average molecular weight is 399 g/mol. The first-order chi connectivity index (χ1) is 14.8. The van der Waals surface area contributed by atoms with E-state index in [9.17, 15) is 5.26 Å². The van der Waals surface area contributed by atoms with Crippen molar-refractivity contribution in [2.24, 2.45) is 0 Å². The summed E-state index contributed by atoms with van der Waals surface area (Å²) in [5, 5.41) is 11.4. The van der Waals surface area contributed by atoms with Gasteiger partial charge in [0, 0.05) is 28.9 Å². The Labute approximate surface area is 173 Å². The molecule has 0 unspecified atom stereocenters. The fourth-order valence-electron chi connectivity index (χ4n) is 4.13. The van der Waals surface area contributed by atoms with E-state index in [-0.39, 0.29) is 6.10 Å². The molecule has 7 nitrogen and oxygen atoms in total. The van der Waals surface area contributed by atoms with Gasteiger partial charge in [0.1, 0.15) is 17.5 Å². The largest absolute Gasteiger partial charge is 0.495 e. The number of nitrogens with one attached hydrogen (secondary N) is 1. The van der Waals surface area contributed by atoms with Gasteiger partial charge in [0.25, 0.3) is 0 Å². The molecule has 0 spiro atoms. The third kappa shape index (κ3) is 3.20. The fraction of sp³-hybridized carbons (Fsp3) is 0.304. The number of nitrogens with zero attached hydrogens (tertiary/aromatic N) is 4. The zero-order valence-electron chi connectivity index (χ0n) is 16.7. The predicted molar refractivity (Wildman–Crippen MR) is 113 cm³/mol. The van der Waals surface area contributed by atoms with Crippen LogP contribution in [0.25, 0.3) is 33.1 Å². The quantitative estimate of drug-likeness (QED) is 0.531. The van der Waals surface area contributed by atoms with Gasteiger partial charge in [-0.25, -0.2) is 9.97 Å². The summed E-state index contributed by atoms with van der Waals surface area (Å²) in [6.45, 7) is 0. The first-order valence-corrected chi connectivity index (χ1v) is 10.1. The number of hydrogen-bond donors (Lipinski definition) is 1. The highest BCUT2D eigenvalue weighted by atomic mass is 16.5. The Balaban J connectivity index is 1.68. The van der Waals surface area contributed by atoms with Gasteiger partial charge in [0.15, 0.2) is 11.4 Å². The van der Waals surface area contributed by atoms with Gasteiger partial charge in [-0.1, -0.05) is 6.42 Å². The van der Waals surface area contributed by atoms with Gasteiger partial charge < -0.3 is 14.5 Å². The molecule has 4 aromatic heterocycles. The molecule has 1 N–H and O–H groups in total. The molecule has 7 heteroatoms. The highest BCUT2D eigenvalue weighted by Gasteiger charge is 2.22. The van der Waals surface area contributed by atoms with Crippen molar-refractivity contribution in [3.63, 3.8) is 0 Å². The van der Waals surface area contributed by atoms with Crippen LogP contribution in [-0.4, -0.2) is 33.1 Å². The van der Waals surface area contributed by atoms with Crippen LogP contribution in [0.4, 0.5) is 0 Å². The molecule has 150 valence electrons. The second-order valence-electron chi connectivity index (χ2n) is 7.57. The Morgan fingerprint density at radius 3 is 2.67 bits per heavy atom. The van der Waals surface area contributed by atoms with Crippen molar-refractivity contribution in [3.8, 4) is 28.7 Å². The van der Waals surface area contributed by atoms with Crippen LogP contribution in [0, 0.1) is 11.3 Å². The Kier molecular flexibility index (Phi) is 4.68. The minimum Gasteiger partial charge on any atom is -0.495 e. The lowest BCUT2D eigenvalue weighted by molar-refractivity contribution is 0.156. The molecule has 1 saturated carbocycles. The van der Waals surface area contributed by atoms with Gasteiger partial charge in [-0.2, -0.15) is 5.26 Å². The number of aromatic nitrogens is 4. The maximum absolute atomic E-state index is 9.67. The molecule has 0 aromatic carbocycles. The molecule has 5 rings (SSSR count). The molecule has 4 aromatic rings. The van der Waals surface area contributed by atoms with E-state index in [4.69, 9.17) is 9.47 Å². The minimum atomic E-state index is 0.113. The van der Waals surface area contributed by atoms with Crippen LogP contribution in [-0.2, 0) is 0 Å². The van der Waals surface area contributed by atoms with Gasteiger partial charge in [0.2, 0.25) is 0 Å². The van der Waals surface area contributed by atoms with Crippen LogP contribution in [0.1, 0.15) is 37.8 Å². The van der Waals surface area contributed by atoms with Crippen molar-refractivity contribution in [1.82, 2.24) is 19.9 Å². The zero-order valence-corrected chi connectivity index (χ0v) is 16.7. The molecule has 4 heterocycles. The molecular weight excluding hydrogens is 378 g/mol. The van der Waals surface area contributed by atoms with Gasteiger partial charge in [0.05, 0.1) is 36.5 Å². The fourth-order valence-corrected chi connectivity index (χ4v) is 4.13. The first kappa shape index (κ1) is 18.4. The molecule has 1 aliphatic rings. The Bertz CT molecular complexity index is 1270. The van der Waals surface area contributed by atoms with Crippen molar-refractivity contribution in [2.75, 3.05) is 7.11 Å². The number of nitriles is 1. The number of hydrogen-bond acceptors (Lipinski definition) is 6. The SMILES string of the molecule is COc1cncc(-c2cnc3[nH]c4cnc(C#N)c(OC5CCCCC5)c4c3c2)c1. The second kappa shape index (κ2) is 7.64. The molecular formula is C23H21N5O2. The van der Waals surface area contributed by atoms with E-state index in [2.05, 4.69) is 26.0 Å². The van der Waals surface area contributed by atoms with E-state index in [1.165, 1.54) is 6.42 Å². The minimum absolute atomic E-state index is 0.113. The van der Waals surface area contributed by atoms with Crippen LogP contribution < -0.4 is 9.47 Å². The summed E-state index contributed by atoms with van der Waals surface area (Å²) in [7, 11) is 1.62. The van der Waals surface area contributed by atoms with Crippen molar-refractivity contribution in [2.45, 2.75) is 38.2 Å². The number of methoxy groups -OCH3 is 1. The summed E-state index contributed by atoms with van der Waals surface area (Å²) >= 11 is 0. The highest BCUT2D eigenvalue weighted by molar-refractivity contribution is 6.10. The molecule has 0 aliphatic heterocycles. The topological polar surface area (TPSA) is 96.7 Å². The Hall–Kier alpha value is -3.66. The summed E-state index contributed by atoms with van der Waals surface area (Å²) in [4.78, 5) is 16.5. The third-order valence-corrected chi connectivity index (χ3v) is 5.67. The lowest BCUT2D eigenvalue weighted by Gasteiger charge is -2.23. The van der Waals surface area contributed by atoms with Crippen LogP contribution in [0.3, 0.4) is 0 Å². The molecule has 1 fully saturated rings. The number of H-pyrrole nitrogens is 1. The van der Waals surface area contributed by atoms with E-state index >= 15 is 0 Å². The van der Waals surface area contributed by atoms with Gasteiger partial charge in [-0.05, 0) is 37.8 Å². The normalized spacial score (nSPS) is 14.7. The van der Waals surface area contributed by atoms with Crippen LogP contribution in [0.15, 0.2) is 36.9 Å². The zero-order chi connectivity index (χ0) is 20.5. The number of ether oxygens (including phenoxy) is 2. The maximum atomic E-state index is 9.67. The molecule has 0 bridgehead atoms. The first-order valence-electron chi connectivity index (χ1n) is 10.1. The number of fused-ring (bicyclic) bond motifs is 3. The monoisotopic (exact) mass is 399 g/mol. The maximum Gasteiger partial charge on any atom is 0.183 e. The van der Waals surface area contributed by atoms with E-state index in [0.29, 0.717) is 17.2 Å². The smallest absolute Gasteiger partial charge is 0.183 e.